The number of aliphatic hydroxyl groups is 1. The number of aliphatic hydroxyl groups excluding tert-OH is 1. The molecule has 0 aliphatic carbocycles. The van der Waals surface area contributed by atoms with Gasteiger partial charge in [-0.2, -0.15) is 0 Å². The highest BCUT2D eigenvalue weighted by Gasteiger charge is 2.03. The normalized spacial score (nSPS) is 12.1. The first-order valence-electron chi connectivity index (χ1n) is 7.37. The van der Waals surface area contributed by atoms with E-state index >= 15 is 0 Å². The van der Waals surface area contributed by atoms with Crippen molar-refractivity contribution in [2.75, 3.05) is 18.9 Å². The smallest absolute Gasteiger partial charge is 0.220 e. The van der Waals surface area contributed by atoms with E-state index in [1.54, 1.807) is 11.8 Å². The minimum atomic E-state index is 0.114. The molecule has 0 heterocycles. The van der Waals surface area contributed by atoms with Gasteiger partial charge in [-0.1, -0.05) is 18.5 Å². The molecule has 0 fully saturated rings. The Morgan fingerprint density at radius 2 is 2.05 bits per heavy atom. The molecule has 21 heavy (non-hydrogen) atoms. The molecule has 0 saturated carbocycles. The maximum absolute atomic E-state index is 11.6. The lowest BCUT2D eigenvalue weighted by atomic mass is 10.1. The fraction of sp³-hybridized carbons (Fsp3) is 0.562. The molecule has 1 unspecified atom stereocenters. The number of thioether (sulfide) groups is 1. The van der Waals surface area contributed by atoms with Gasteiger partial charge in [-0.25, -0.2) is 0 Å². The van der Waals surface area contributed by atoms with Crippen LogP contribution in [0.4, 0.5) is 0 Å². The Hall–Kier alpha value is -0.710. The Balaban J connectivity index is 2.02. The van der Waals surface area contributed by atoms with Crippen LogP contribution in [0.25, 0.3) is 0 Å². The minimum Gasteiger partial charge on any atom is -0.396 e. The summed E-state index contributed by atoms with van der Waals surface area (Å²) >= 11 is 7.57. The van der Waals surface area contributed by atoms with Crippen molar-refractivity contribution in [3.8, 4) is 0 Å². The molecule has 0 bridgehead atoms. The van der Waals surface area contributed by atoms with Gasteiger partial charge in [-0.05, 0) is 55.2 Å². The van der Waals surface area contributed by atoms with Gasteiger partial charge in [-0.15, -0.1) is 11.8 Å². The molecule has 0 aliphatic rings. The summed E-state index contributed by atoms with van der Waals surface area (Å²) in [5.41, 5.74) is 0. The van der Waals surface area contributed by atoms with Gasteiger partial charge >= 0.3 is 0 Å². The fourth-order valence-electron chi connectivity index (χ4n) is 1.81. The van der Waals surface area contributed by atoms with E-state index < -0.39 is 0 Å². The molecule has 1 aromatic rings. The van der Waals surface area contributed by atoms with Crippen LogP contribution in [0.2, 0.25) is 5.02 Å². The maximum atomic E-state index is 11.6. The van der Waals surface area contributed by atoms with E-state index in [1.165, 1.54) is 4.90 Å². The molecule has 3 nitrogen and oxygen atoms in total. The second-order valence-corrected chi connectivity index (χ2v) is 6.79. The minimum absolute atomic E-state index is 0.114. The quantitative estimate of drug-likeness (QED) is 0.508. The summed E-state index contributed by atoms with van der Waals surface area (Å²) in [6.07, 6.45) is 3.30. The maximum Gasteiger partial charge on any atom is 0.220 e. The number of hydrogen-bond donors (Lipinski definition) is 2. The molecule has 1 aromatic carbocycles. The van der Waals surface area contributed by atoms with Crippen molar-refractivity contribution in [1.82, 2.24) is 5.32 Å². The first kappa shape index (κ1) is 18.3. The monoisotopic (exact) mass is 329 g/mol. The Bertz CT molecular complexity index is 411. The van der Waals surface area contributed by atoms with Gasteiger partial charge in [0.2, 0.25) is 5.91 Å². The Morgan fingerprint density at radius 1 is 1.33 bits per heavy atom. The van der Waals surface area contributed by atoms with E-state index in [9.17, 15) is 4.79 Å². The highest BCUT2D eigenvalue weighted by molar-refractivity contribution is 7.99. The highest BCUT2D eigenvalue weighted by Crippen LogP contribution is 2.21. The van der Waals surface area contributed by atoms with Crippen molar-refractivity contribution in [2.45, 2.75) is 37.5 Å². The van der Waals surface area contributed by atoms with Gasteiger partial charge in [0.15, 0.2) is 0 Å². The number of carbonyl (C=O) groups excluding carboxylic acids is 1. The molecule has 0 aliphatic heterocycles. The highest BCUT2D eigenvalue weighted by atomic mass is 35.5. The van der Waals surface area contributed by atoms with E-state index in [-0.39, 0.29) is 12.5 Å². The van der Waals surface area contributed by atoms with Crippen LogP contribution >= 0.6 is 23.4 Å². The van der Waals surface area contributed by atoms with Crippen LogP contribution in [-0.4, -0.2) is 29.9 Å². The standard InChI is InChI=1S/C16H24ClNO2S/c1-13(12-19)4-2-10-18-16(20)5-3-11-21-15-8-6-14(17)7-9-15/h6-9,13,19H,2-5,10-12H2,1H3,(H,18,20). The number of nitrogens with one attached hydrogen (secondary N) is 1. The summed E-state index contributed by atoms with van der Waals surface area (Å²) in [4.78, 5) is 12.8. The lowest BCUT2D eigenvalue weighted by molar-refractivity contribution is -0.121. The molecule has 0 radical (unpaired) electrons. The summed E-state index contributed by atoms with van der Waals surface area (Å²) in [6, 6.07) is 7.75. The third-order valence-electron chi connectivity index (χ3n) is 3.14. The summed E-state index contributed by atoms with van der Waals surface area (Å²) < 4.78 is 0. The average Bonchev–Trinajstić information content (AvgIpc) is 2.49. The van der Waals surface area contributed by atoms with E-state index in [1.807, 2.05) is 31.2 Å². The van der Waals surface area contributed by atoms with Crippen LogP contribution in [0.3, 0.4) is 0 Å². The van der Waals surface area contributed by atoms with Crippen LogP contribution in [0, 0.1) is 5.92 Å². The second kappa shape index (κ2) is 10.9. The summed E-state index contributed by atoms with van der Waals surface area (Å²) in [5.74, 6) is 1.36. The molecule has 0 spiro atoms. The first-order valence-corrected chi connectivity index (χ1v) is 8.74. The molecular formula is C16H24ClNO2S. The third-order valence-corrected chi connectivity index (χ3v) is 4.49. The van der Waals surface area contributed by atoms with Gasteiger partial charge in [0.25, 0.3) is 0 Å². The summed E-state index contributed by atoms with van der Waals surface area (Å²) in [6.45, 7) is 2.93. The molecular weight excluding hydrogens is 306 g/mol. The number of hydrogen-bond acceptors (Lipinski definition) is 3. The van der Waals surface area contributed by atoms with Crippen LogP contribution < -0.4 is 5.32 Å². The molecule has 118 valence electrons. The van der Waals surface area contributed by atoms with Gasteiger partial charge < -0.3 is 10.4 Å². The summed E-state index contributed by atoms with van der Waals surface area (Å²) in [7, 11) is 0. The lowest BCUT2D eigenvalue weighted by Gasteiger charge is -2.08. The number of benzene rings is 1. The average molecular weight is 330 g/mol. The Kier molecular flexibility index (Phi) is 9.55. The lowest BCUT2D eigenvalue weighted by Crippen LogP contribution is -2.24. The molecule has 1 amide bonds. The van der Waals surface area contributed by atoms with Crippen molar-refractivity contribution >= 4 is 29.3 Å². The van der Waals surface area contributed by atoms with Crippen LogP contribution in [-0.2, 0) is 4.79 Å². The van der Waals surface area contributed by atoms with Crippen molar-refractivity contribution < 1.29 is 9.90 Å². The molecule has 1 rings (SSSR count). The SMILES string of the molecule is CC(CO)CCCNC(=O)CCCSc1ccc(Cl)cc1. The van der Waals surface area contributed by atoms with Crippen LogP contribution in [0.1, 0.15) is 32.6 Å². The van der Waals surface area contributed by atoms with Crippen molar-refractivity contribution in [1.29, 1.82) is 0 Å². The van der Waals surface area contributed by atoms with Gasteiger partial charge in [0.1, 0.15) is 0 Å². The number of halogens is 1. The summed E-state index contributed by atoms with van der Waals surface area (Å²) in [5, 5.41) is 12.6. The van der Waals surface area contributed by atoms with Crippen molar-refractivity contribution in [3.05, 3.63) is 29.3 Å². The largest absolute Gasteiger partial charge is 0.396 e. The van der Waals surface area contributed by atoms with Gasteiger partial charge in [-0.3, -0.25) is 4.79 Å². The number of rotatable bonds is 10. The van der Waals surface area contributed by atoms with Crippen LogP contribution in [0.15, 0.2) is 29.2 Å². The number of carbonyl (C=O) groups is 1. The molecule has 0 saturated heterocycles. The molecule has 1 atom stereocenters. The molecule has 2 N–H and O–H groups in total. The number of amides is 1. The van der Waals surface area contributed by atoms with Crippen molar-refractivity contribution in [2.24, 2.45) is 5.92 Å². The second-order valence-electron chi connectivity index (χ2n) is 5.19. The zero-order chi connectivity index (χ0) is 15.5. The third kappa shape index (κ3) is 9.02. The zero-order valence-electron chi connectivity index (χ0n) is 12.5. The van der Waals surface area contributed by atoms with Crippen molar-refractivity contribution in [3.63, 3.8) is 0 Å². The topological polar surface area (TPSA) is 49.3 Å². The molecule has 0 aromatic heterocycles. The van der Waals surface area contributed by atoms with E-state index in [4.69, 9.17) is 16.7 Å². The van der Waals surface area contributed by atoms with Gasteiger partial charge in [0, 0.05) is 29.5 Å². The molecule has 5 heteroatoms. The van der Waals surface area contributed by atoms with Crippen LogP contribution in [0.5, 0.6) is 0 Å². The Labute approximate surface area is 136 Å². The van der Waals surface area contributed by atoms with E-state index in [2.05, 4.69) is 5.32 Å². The van der Waals surface area contributed by atoms with E-state index in [0.29, 0.717) is 18.9 Å². The van der Waals surface area contributed by atoms with Gasteiger partial charge in [0.05, 0.1) is 0 Å². The first-order chi connectivity index (χ1) is 10.1. The predicted octanol–water partition coefficient (Wildman–Crippen LogP) is 3.74. The Morgan fingerprint density at radius 3 is 2.71 bits per heavy atom. The predicted molar refractivity (Wildman–Crippen MR) is 89.9 cm³/mol. The van der Waals surface area contributed by atoms with E-state index in [0.717, 1.165) is 30.0 Å². The zero-order valence-corrected chi connectivity index (χ0v) is 14.1. The fourth-order valence-corrected chi connectivity index (χ4v) is 2.79.